The normalized spacial score (nSPS) is 22.5. The van der Waals surface area contributed by atoms with Crippen LogP contribution in [0.2, 0.25) is 0 Å². The van der Waals surface area contributed by atoms with Crippen molar-refractivity contribution in [1.29, 1.82) is 0 Å². The molecule has 21 heavy (non-hydrogen) atoms. The molecule has 2 rings (SSSR count). The molecule has 0 spiro atoms. The van der Waals surface area contributed by atoms with E-state index in [1.54, 1.807) is 7.05 Å². The van der Waals surface area contributed by atoms with E-state index in [4.69, 9.17) is 5.73 Å². The number of hydrogen-bond acceptors (Lipinski definition) is 4. The molecule has 2 heterocycles. The van der Waals surface area contributed by atoms with Crippen LogP contribution in [0.25, 0.3) is 0 Å². The molecule has 0 aliphatic carbocycles. The monoisotopic (exact) mass is 290 g/mol. The maximum Gasteiger partial charge on any atom is 0.224 e. The number of aromatic nitrogens is 1. The fourth-order valence-corrected chi connectivity index (χ4v) is 3.19. The van der Waals surface area contributed by atoms with Crippen molar-refractivity contribution in [2.75, 3.05) is 20.1 Å². The van der Waals surface area contributed by atoms with Gasteiger partial charge in [0.15, 0.2) is 0 Å². The molecule has 3 N–H and O–H groups in total. The largest absolute Gasteiger partial charge is 0.359 e. The van der Waals surface area contributed by atoms with E-state index in [2.05, 4.69) is 22.1 Å². The van der Waals surface area contributed by atoms with Crippen molar-refractivity contribution in [2.45, 2.75) is 38.3 Å². The predicted octanol–water partition coefficient (Wildman–Crippen LogP) is 1.32. The van der Waals surface area contributed by atoms with E-state index in [9.17, 15) is 4.79 Å². The first-order chi connectivity index (χ1) is 10.2. The van der Waals surface area contributed by atoms with Crippen molar-refractivity contribution in [2.24, 2.45) is 11.7 Å². The van der Waals surface area contributed by atoms with Crippen molar-refractivity contribution in [3.8, 4) is 0 Å². The summed E-state index contributed by atoms with van der Waals surface area (Å²) in [5.41, 5.74) is 7.56. The minimum absolute atomic E-state index is 0.0656. The number of piperidine rings is 1. The Hall–Kier alpha value is -1.46. The number of nitrogens with one attached hydrogen (secondary N) is 1. The summed E-state index contributed by atoms with van der Waals surface area (Å²) in [7, 11) is 1.71. The van der Waals surface area contributed by atoms with Gasteiger partial charge in [-0.25, -0.2) is 0 Å². The van der Waals surface area contributed by atoms with Gasteiger partial charge in [-0.2, -0.15) is 0 Å². The number of hydrogen-bond donors (Lipinski definition) is 2. The molecule has 5 heteroatoms. The molecular formula is C16H26N4O. The third-order valence-electron chi connectivity index (χ3n) is 4.39. The lowest BCUT2D eigenvalue weighted by Crippen LogP contribution is -2.48. The highest BCUT2D eigenvalue weighted by atomic mass is 16.1. The average Bonchev–Trinajstić information content (AvgIpc) is 2.55. The highest BCUT2D eigenvalue weighted by molar-refractivity contribution is 5.78. The van der Waals surface area contributed by atoms with Crippen molar-refractivity contribution in [3.05, 3.63) is 30.1 Å². The van der Waals surface area contributed by atoms with E-state index in [1.165, 1.54) is 5.56 Å². The molecule has 1 aliphatic rings. The number of carbonyl (C=O) groups excluding carboxylic acids is 1. The molecule has 0 aromatic carbocycles. The molecule has 0 bridgehead atoms. The molecule has 3 atom stereocenters. The molecule has 1 aromatic rings. The van der Waals surface area contributed by atoms with Gasteiger partial charge in [0.25, 0.3) is 0 Å². The summed E-state index contributed by atoms with van der Waals surface area (Å²) in [6, 6.07) is 4.29. The van der Waals surface area contributed by atoms with Crippen LogP contribution in [0.15, 0.2) is 24.5 Å². The second-order valence-electron chi connectivity index (χ2n) is 5.75. The Bertz CT molecular complexity index is 451. The fourth-order valence-electron chi connectivity index (χ4n) is 3.19. The van der Waals surface area contributed by atoms with Gasteiger partial charge < -0.3 is 11.1 Å². The molecule has 0 saturated carbocycles. The van der Waals surface area contributed by atoms with Gasteiger partial charge >= 0.3 is 0 Å². The van der Waals surface area contributed by atoms with Gasteiger partial charge in [-0.1, -0.05) is 6.92 Å². The Kier molecular flexibility index (Phi) is 5.70. The number of pyridine rings is 1. The second-order valence-corrected chi connectivity index (χ2v) is 5.75. The lowest BCUT2D eigenvalue weighted by atomic mass is 9.91. The van der Waals surface area contributed by atoms with E-state index in [-0.39, 0.29) is 23.9 Å². The van der Waals surface area contributed by atoms with Gasteiger partial charge in [-0.3, -0.25) is 14.7 Å². The first-order valence-electron chi connectivity index (χ1n) is 7.78. The summed E-state index contributed by atoms with van der Waals surface area (Å²) in [5, 5.41) is 2.77. The fraction of sp³-hybridized carbons (Fsp3) is 0.625. The van der Waals surface area contributed by atoms with E-state index < -0.39 is 0 Å². The number of likely N-dealkylation sites (tertiary alicyclic amines) is 1. The van der Waals surface area contributed by atoms with Crippen LogP contribution >= 0.6 is 0 Å². The lowest BCUT2D eigenvalue weighted by molar-refractivity contribution is -0.126. The van der Waals surface area contributed by atoms with E-state index in [0.717, 1.165) is 32.4 Å². The zero-order valence-corrected chi connectivity index (χ0v) is 13.0. The van der Waals surface area contributed by atoms with Gasteiger partial charge in [-0.15, -0.1) is 0 Å². The van der Waals surface area contributed by atoms with Crippen LogP contribution in [0.1, 0.15) is 37.8 Å². The minimum Gasteiger partial charge on any atom is -0.359 e. The third kappa shape index (κ3) is 3.80. The summed E-state index contributed by atoms with van der Waals surface area (Å²) in [5.74, 6) is 0.204. The average molecular weight is 290 g/mol. The number of carbonyl (C=O) groups is 1. The Morgan fingerprint density at radius 1 is 1.52 bits per heavy atom. The summed E-state index contributed by atoms with van der Waals surface area (Å²) >= 11 is 0. The van der Waals surface area contributed by atoms with Crippen LogP contribution in [0.4, 0.5) is 0 Å². The Morgan fingerprint density at radius 2 is 2.24 bits per heavy atom. The van der Waals surface area contributed by atoms with Crippen LogP contribution in [-0.2, 0) is 4.79 Å². The van der Waals surface area contributed by atoms with Crippen LogP contribution in [0, 0.1) is 5.92 Å². The van der Waals surface area contributed by atoms with Gasteiger partial charge in [0.1, 0.15) is 0 Å². The molecule has 116 valence electrons. The zero-order chi connectivity index (χ0) is 15.2. The van der Waals surface area contributed by atoms with Gasteiger partial charge in [0.05, 0.1) is 5.92 Å². The molecule has 1 aliphatic heterocycles. The number of amides is 1. The summed E-state index contributed by atoms with van der Waals surface area (Å²) in [6.07, 6.45) is 6.53. The van der Waals surface area contributed by atoms with Crippen LogP contribution < -0.4 is 11.1 Å². The highest BCUT2D eigenvalue weighted by Gasteiger charge is 2.32. The molecule has 1 fully saturated rings. The van der Waals surface area contributed by atoms with Gasteiger partial charge in [0, 0.05) is 38.1 Å². The van der Waals surface area contributed by atoms with Crippen molar-refractivity contribution < 1.29 is 4.79 Å². The van der Waals surface area contributed by atoms with Crippen molar-refractivity contribution in [1.82, 2.24) is 15.2 Å². The van der Waals surface area contributed by atoms with Gasteiger partial charge in [0.2, 0.25) is 5.91 Å². The number of nitrogens with zero attached hydrogens (tertiary/aromatic N) is 2. The Balaban J connectivity index is 2.19. The minimum atomic E-state index is 0.0656. The molecule has 1 aromatic heterocycles. The van der Waals surface area contributed by atoms with Crippen LogP contribution in [-0.4, -0.2) is 42.0 Å². The van der Waals surface area contributed by atoms with Crippen LogP contribution in [0.5, 0.6) is 0 Å². The maximum absolute atomic E-state index is 11.9. The first kappa shape index (κ1) is 15.9. The SMILES string of the molecule is CCC(N)C(c1ccncc1)N1CCCC(C(=O)NC)C1. The van der Waals surface area contributed by atoms with E-state index in [1.807, 2.05) is 24.5 Å². The molecule has 0 radical (unpaired) electrons. The first-order valence-corrected chi connectivity index (χ1v) is 7.78. The van der Waals surface area contributed by atoms with Gasteiger partial charge in [-0.05, 0) is 43.5 Å². The lowest BCUT2D eigenvalue weighted by Gasteiger charge is -2.40. The number of rotatable bonds is 5. The quantitative estimate of drug-likeness (QED) is 0.858. The summed E-state index contributed by atoms with van der Waals surface area (Å²) < 4.78 is 0. The topological polar surface area (TPSA) is 71.2 Å². The molecule has 1 saturated heterocycles. The Labute approximate surface area is 126 Å². The van der Waals surface area contributed by atoms with E-state index >= 15 is 0 Å². The van der Waals surface area contributed by atoms with E-state index in [0.29, 0.717) is 0 Å². The number of nitrogens with two attached hydrogens (primary N) is 1. The third-order valence-corrected chi connectivity index (χ3v) is 4.39. The van der Waals surface area contributed by atoms with Crippen molar-refractivity contribution in [3.63, 3.8) is 0 Å². The van der Waals surface area contributed by atoms with Crippen molar-refractivity contribution >= 4 is 5.91 Å². The Morgan fingerprint density at radius 3 is 2.86 bits per heavy atom. The molecule has 1 amide bonds. The summed E-state index contributed by atoms with van der Waals surface area (Å²) in [4.78, 5) is 18.4. The summed E-state index contributed by atoms with van der Waals surface area (Å²) in [6.45, 7) is 3.88. The predicted molar refractivity (Wildman–Crippen MR) is 83.6 cm³/mol. The molecular weight excluding hydrogens is 264 g/mol. The maximum atomic E-state index is 11.9. The highest BCUT2D eigenvalue weighted by Crippen LogP contribution is 2.29. The molecule has 5 nitrogen and oxygen atoms in total. The molecule has 3 unspecified atom stereocenters. The zero-order valence-electron chi connectivity index (χ0n) is 13.0. The smallest absolute Gasteiger partial charge is 0.224 e. The van der Waals surface area contributed by atoms with Crippen LogP contribution in [0.3, 0.4) is 0 Å². The second kappa shape index (κ2) is 7.52. The standard InChI is InChI=1S/C16H26N4O/c1-3-14(17)15(12-6-8-19-9-7-12)20-10-4-5-13(11-20)16(21)18-2/h6-9,13-15H,3-5,10-11,17H2,1-2H3,(H,18,21).